The van der Waals surface area contributed by atoms with Crippen molar-refractivity contribution in [2.75, 3.05) is 13.1 Å². The van der Waals surface area contributed by atoms with Gasteiger partial charge in [0.05, 0.1) is 12.1 Å². The van der Waals surface area contributed by atoms with Crippen LogP contribution < -0.4 is 11.5 Å². The van der Waals surface area contributed by atoms with Crippen LogP contribution in [-0.2, 0) is 12.7 Å². The van der Waals surface area contributed by atoms with E-state index in [9.17, 15) is 13.2 Å². The Balaban J connectivity index is 0.00000288. The molecule has 0 radical (unpaired) electrons. The third-order valence-corrected chi connectivity index (χ3v) is 3.32. The maximum Gasteiger partial charge on any atom is 0.416 e. The van der Waals surface area contributed by atoms with E-state index >= 15 is 0 Å². The molecule has 1 aliphatic rings. The minimum absolute atomic E-state index is 0. The molecule has 1 aliphatic heterocycles. The van der Waals surface area contributed by atoms with Crippen LogP contribution in [0.4, 0.5) is 13.2 Å². The van der Waals surface area contributed by atoms with Gasteiger partial charge in [0.2, 0.25) is 5.96 Å². The topological polar surface area (TPSA) is 80.0 Å². The summed E-state index contributed by atoms with van der Waals surface area (Å²) in [5.74, 6) is 0.278. The van der Waals surface area contributed by atoms with Crippen molar-refractivity contribution in [2.45, 2.75) is 19.1 Å². The molecule has 5 nitrogen and oxygen atoms in total. The van der Waals surface area contributed by atoms with E-state index in [0.29, 0.717) is 12.1 Å². The molecule has 10 heteroatoms. The molecule has 1 heterocycles. The molecule has 2 rings (SSSR count). The summed E-state index contributed by atoms with van der Waals surface area (Å²) in [6.45, 7) is 1.57. The predicted octanol–water partition coefficient (Wildman–Crippen LogP) is 2.94. The summed E-state index contributed by atoms with van der Waals surface area (Å²) in [6, 6.07) is 4.75. The van der Waals surface area contributed by atoms with Gasteiger partial charge in [-0.25, -0.2) is 4.99 Å². The Kier molecular flexibility index (Phi) is 9.37. The monoisotopic (exact) mass is 397 g/mol. The van der Waals surface area contributed by atoms with E-state index in [2.05, 4.69) is 16.1 Å². The van der Waals surface area contributed by atoms with Crippen molar-refractivity contribution >= 4 is 36.7 Å². The second kappa shape index (κ2) is 10.1. The first kappa shape index (κ1) is 23.1. The van der Waals surface area contributed by atoms with Gasteiger partial charge in [-0.05, 0) is 24.1 Å². The molecule has 1 aromatic rings. The van der Waals surface area contributed by atoms with E-state index < -0.39 is 11.7 Å². The number of benzene rings is 1. The van der Waals surface area contributed by atoms with E-state index in [4.69, 9.17) is 11.5 Å². The predicted molar refractivity (Wildman–Crippen MR) is 98.2 cm³/mol. The summed E-state index contributed by atoms with van der Waals surface area (Å²) in [6.07, 6.45) is 0.592. The lowest BCUT2D eigenvalue weighted by atomic mass is 10.1. The average molecular weight is 398 g/mol. The molecule has 140 valence electrons. The van der Waals surface area contributed by atoms with E-state index in [1.807, 2.05) is 11.0 Å². The van der Waals surface area contributed by atoms with Gasteiger partial charge in [0.15, 0.2) is 5.96 Å². The van der Waals surface area contributed by atoms with Crippen LogP contribution in [0.1, 0.15) is 17.5 Å². The molecule has 0 atom stereocenters. The Bertz CT molecular complexity index is 627. The molecular weight excluding hydrogens is 378 g/mol. The molecule has 0 bridgehead atoms. The van der Waals surface area contributed by atoms with Crippen molar-refractivity contribution in [3.63, 3.8) is 0 Å². The van der Waals surface area contributed by atoms with Crippen LogP contribution in [-0.4, -0.2) is 29.9 Å². The third kappa shape index (κ3) is 7.23. The minimum atomic E-state index is -4.34. The molecule has 25 heavy (non-hydrogen) atoms. The molecule has 4 N–H and O–H groups in total. The first-order valence-electron chi connectivity index (χ1n) is 7.06. The maximum atomic E-state index is 12.5. The molecule has 0 amide bonds. The molecule has 0 saturated carbocycles. The lowest BCUT2D eigenvalue weighted by Gasteiger charge is -2.23. The molecule has 0 unspecified atom stereocenters. The molecule has 0 spiro atoms. The number of nitrogens with zero attached hydrogens (tertiary/aromatic N) is 3. The van der Waals surface area contributed by atoms with E-state index in [1.54, 1.807) is 0 Å². The smallest absolute Gasteiger partial charge is 0.369 e. The average Bonchev–Trinajstić information content (AvgIpc) is 2.53. The quantitative estimate of drug-likeness (QED) is 0.457. The van der Waals surface area contributed by atoms with E-state index in [1.165, 1.54) is 12.1 Å². The fraction of sp³-hybridized carbons (Fsp3) is 0.333. The highest BCUT2D eigenvalue weighted by Gasteiger charge is 2.29. The van der Waals surface area contributed by atoms with Crippen LogP contribution in [0, 0.1) is 0 Å². The standard InChI is InChI=1S/C15H18F3N5.2ClH/c16-15(17,18)12-6-4-11(5-7-12)10-21-13(19)22-14(20)23-8-2-1-3-9-23;;/h1-2,4-7H,3,8-10H2,(H4,19,20,21,22);2*1H. The summed E-state index contributed by atoms with van der Waals surface area (Å²) in [7, 11) is 0. The highest BCUT2D eigenvalue weighted by atomic mass is 35.5. The number of nitrogens with two attached hydrogens (primary N) is 2. The van der Waals surface area contributed by atoms with Crippen molar-refractivity contribution < 1.29 is 13.2 Å². The summed E-state index contributed by atoms with van der Waals surface area (Å²) < 4.78 is 37.4. The Morgan fingerprint density at radius 1 is 1.08 bits per heavy atom. The minimum Gasteiger partial charge on any atom is -0.369 e. The van der Waals surface area contributed by atoms with Gasteiger partial charge < -0.3 is 16.4 Å². The number of rotatable bonds is 2. The molecule has 0 saturated heterocycles. The van der Waals surface area contributed by atoms with Gasteiger partial charge in [-0.15, -0.1) is 24.8 Å². The molecule has 1 aromatic carbocycles. The summed E-state index contributed by atoms with van der Waals surface area (Å²) >= 11 is 0. The molecule has 0 aliphatic carbocycles. The summed E-state index contributed by atoms with van der Waals surface area (Å²) in [5.41, 5.74) is 11.4. The van der Waals surface area contributed by atoms with Gasteiger partial charge in [0.25, 0.3) is 0 Å². The van der Waals surface area contributed by atoms with Crippen LogP contribution in [0.2, 0.25) is 0 Å². The Labute approximate surface area is 156 Å². The van der Waals surface area contributed by atoms with Crippen LogP contribution >= 0.6 is 24.8 Å². The lowest BCUT2D eigenvalue weighted by molar-refractivity contribution is -0.137. The number of hydrogen-bond donors (Lipinski definition) is 2. The van der Waals surface area contributed by atoms with Crippen molar-refractivity contribution in [2.24, 2.45) is 21.5 Å². The summed E-state index contributed by atoms with van der Waals surface area (Å²) in [4.78, 5) is 9.89. The molecule has 0 fully saturated rings. The third-order valence-electron chi connectivity index (χ3n) is 3.32. The molecule has 0 aromatic heterocycles. The van der Waals surface area contributed by atoms with Gasteiger partial charge in [0, 0.05) is 13.1 Å². The van der Waals surface area contributed by atoms with Crippen molar-refractivity contribution in [1.29, 1.82) is 0 Å². The Morgan fingerprint density at radius 3 is 2.24 bits per heavy atom. The van der Waals surface area contributed by atoms with Crippen LogP contribution in [0.3, 0.4) is 0 Å². The zero-order chi connectivity index (χ0) is 16.9. The van der Waals surface area contributed by atoms with Gasteiger partial charge in [0.1, 0.15) is 0 Å². The highest BCUT2D eigenvalue weighted by molar-refractivity contribution is 5.93. The number of hydrogen-bond acceptors (Lipinski definition) is 1. The number of aliphatic imine (C=N–C) groups is 2. The maximum absolute atomic E-state index is 12.5. The second-order valence-electron chi connectivity index (χ2n) is 5.05. The van der Waals surface area contributed by atoms with E-state index in [-0.39, 0.29) is 43.3 Å². The van der Waals surface area contributed by atoms with Gasteiger partial charge in [-0.2, -0.15) is 18.2 Å². The van der Waals surface area contributed by atoms with Gasteiger partial charge >= 0.3 is 6.18 Å². The summed E-state index contributed by atoms with van der Waals surface area (Å²) in [5, 5.41) is 0. The second-order valence-corrected chi connectivity index (χ2v) is 5.05. The van der Waals surface area contributed by atoms with Crippen LogP contribution in [0.25, 0.3) is 0 Å². The van der Waals surface area contributed by atoms with Gasteiger partial charge in [-0.3, -0.25) is 0 Å². The Hall–Kier alpha value is -1.93. The lowest BCUT2D eigenvalue weighted by Crippen LogP contribution is -2.40. The zero-order valence-electron chi connectivity index (χ0n) is 13.2. The SMILES string of the molecule is Cl.Cl.NC(=NCc1ccc(C(F)(F)F)cc1)/N=C(/N)N1CC=CCC1. The number of alkyl halides is 3. The van der Waals surface area contributed by atoms with Crippen LogP contribution in [0.15, 0.2) is 46.4 Å². The van der Waals surface area contributed by atoms with E-state index in [0.717, 1.165) is 25.1 Å². The normalized spacial score (nSPS) is 15.4. The van der Waals surface area contributed by atoms with Crippen LogP contribution in [0.5, 0.6) is 0 Å². The highest BCUT2D eigenvalue weighted by Crippen LogP contribution is 2.29. The Morgan fingerprint density at radius 2 is 1.72 bits per heavy atom. The number of halogens is 5. The fourth-order valence-corrected chi connectivity index (χ4v) is 2.04. The van der Waals surface area contributed by atoms with Crippen molar-refractivity contribution in [3.8, 4) is 0 Å². The number of guanidine groups is 2. The molecular formula is C15H20Cl2F3N5. The van der Waals surface area contributed by atoms with Gasteiger partial charge in [-0.1, -0.05) is 24.3 Å². The first-order valence-corrected chi connectivity index (χ1v) is 7.06. The zero-order valence-corrected chi connectivity index (χ0v) is 14.9. The van der Waals surface area contributed by atoms with Crippen molar-refractivity contribution in [1.82, 2.24) is 4.90 Å². The van der Waals surface area contributed by atoms with Crippen molar-refractivity contribution in [3.05, 3.63) is 47.5 Å². The first-order chi connectivity index (χ1) is 10.9. The largest absolute Gasteiger partial charge is 0.416 e. The fourth-order valence-electron chi connectivity index (χ4n) is 2.04.